The molecule has 0 aromatic carbocycles. The number of rotatable bonds is 3. The topological polar surface area (TPSA) is 71.2 Å². The smallest absolute Gasteiger partial charge is 0.255 e. The average molecular weight is 269 g/mol. The summed E-state index contributed by atoms with van der Waals surface area (Å²) >= 11 is 5.96. The zero-order valence-corrected chi connectivity index (χ0v) is 11.1. The molecule has 1 amide bonds. The van der Waals surface area contributed by atoms with Gasteiger partial charge >= 0.3 is 0 Å². The third kappa shape index (κ3) is 2.57. The van der Waals surface area contributed by atoms with Crippen molar-refractivity contribution in [1.82, 2.24) is 9.88 Å². The first-order valence-corrected chi connectivity index (χ1v) is 6.45. The SMILES string of the molecule is CCC1CCN(C(=O)c2cnc(NN)c(Cl)c2)C1. The van der Waals surface area contributed by atoms with Crippen molar-refractivity contribution < 1.29 is 4.79 Å². The number of carbonyl (C=O) groups is 1. The molecule has 0 bridgehead atoms. The van der Waals surface area contributed by atoms with Crippen LogP contribution in [0.15, 0.2) is 12.3 Å². The fourth-order valence-corrected chi connectivity index (χ4v) is 2.41. The van der Waals surface area contributed by atoms with E-state index in [0.717, 1.165) is 25.9 Å². The number of pyridine rings is 1. The average Bonchev–Trinajstić information content (AvgIpc) is 2.86. The normalized spacial score (nSPS) is 19.1. The summed E-state index contributed by atoms with van der Waals surface area (Å²) in [6, 6.07) is 1.60. The van der Waals surface area contributed by atoms with Gasteiger partial charge in [-0.25, -0.2) is 10.8 Å². The second kappa shape index (κ2) is 5.54. The molecule has 2 rings (SSSR count). The number of hydrogen-bond donors (Lipinski definition) is 2. The number of aromatic nitrogens is 1. The van der Waals surface area contributed by atoms with Crippen molar-refractivity contribution in [2.45, 2.75) is 19.8 Å². The Bertz CT molecular complexity index is 452. The molecule has 0 radical (unpaired) electrons. The molecule has 98 valence electrons. The number of amides is 1. The van der Waals surface area contributed by atoms with E-state index in [-0.39, 0.29) is 5.91 Å². The summed E-state index contributed by atoms with van der Waals surface area (Å²) in [6.45, 7) is 3.79. The highest BCUT2D eigenvalue weighted by Gasteiger charge is 2.26. The Labute approximate surface area is 111 Å². The lowest BCUT2D eigenvalue weighted by Gasteiger charge is -2.16. The Morgan fingerprint density at radius 3 is 3.06 bits per heavy atom. The van der Waals surface area contributed by atoms with Crippen molar-refractivity contribution in [2.75, 3.05) is 18.5 Å². The third-order valence-corrected chi connectivity index (χ3v) is 3.66. The molecule has 1 aliphatic heterocycles. The van der Waals surface area contributed by atoms with Gasteiger partial charge in [0.2, 0.25) is 0 Å². The molecule has 2 heterocycles. The lowest BCUT2D eigenvalue weighted by molar-refractivity contribution is 0.0786. The summed E-state index contributed by atoms with van der Waals surface area (Å²) < 4.78 is 0. The molecule has 1 atom stereocenters. The van der Waals surface area contributed by atoms with E-state index in [4.69, 9.17) is 17.4 Å². The van der Waals surface area contributed by atoms with E-state index in [1.54, 1.807) is 6.07 Å². The molecule has 0 spiro atoms. The minimum absolute atomic E-state index is 0.0103. The summed E-state index contributed by atoms with van der Waals surface area (Å²) in [5, 5.41) is 0.356. The fraction of sp³-hybridized carbons (Fsp3) is 0.500. The van der Waals surface area contributed by atoms with Crippen LogP contribution in [0.25, 0.3) is 0 Å². The maximum atomic E-state index is 12.2. The number of nitrogens with one attached hydrogen (secondary N) is 1. The number of anilines is 1. The van der Waals surface area contributed by atoms with Crippen molar-refractivity contribution in [3.05, 3.63) is 22.8 Å². The van der Waals surface area contributed by atoms with E-state index >= 15 is 0 Å². The summed E-state index contributed by atoms with van der Waals surface area (Å²) in [6.07, 6.45) is 3.69. The number of nitrogen functional groups attached to an aromatic ring is 1. The zero-order chi connectivity index (χ0) is 13.1. The number of nitrogens with two attached hydrogens (primary N) is 1. The molecule has 1 aromatic rings. The van der Waals surface area contributed by atoms with Crippen LogP contribution < -0.4 is 11.3 Å². The van der Waals surface area contributed by atoms with E-state index in [9.17, 15) is 4.79 Å². The monoisotopic (exact) mass is 268 g/mol. The molecular formula is C12H17ClN4O. The van der Waals surface area contributed by atoms with Gasteiger partial charge in [0.05, 0.1) is 10.6 Å². The van der Waals surface area contributed by atoms with Gasteiger partial charge in [0.15, 0.2) is 5.82 Å². The van der Waals surface area contributed by atoms with Crippen molar-refractivity contribution in [3.8, 4) is 0 Å². The maximum Gasteiger partial charge on any atom is 0.255 e. The molecule has 1 aliphatic rings. The van der Waals surface area contributed by atoms with Gasteiger partial charge in [-0.15, -0.1) is 0 Å². The standard InChI is InChI=1S/C12H17ClN4O/c1-2-8-3-4-17(7-8)12(18)9-5-10(13)11(16-14)15-6-9/h5-6,8H,2-4,7,14H2,1H3,(H,15,16). The molecule has 0 saturated carbocycles. The molecule has 18 heavy (non-hydrogen) atoms. The minimum atomic E-state index is -0.0103. The highest BCUT2D eigenvalue weighted by Crippen LogP contribution is 2.23. The number of likely N-dealkylation sites (tertiary alicyclic amines) is 1. The van der Waals surface area contributed by atoms with Crippen LogP contribution in [-0.2, 0) is 0 Å². The number of hydrazine groups is 1. The first-order chi connectivity index (χ1) is 8.65. The van der Waals surface area contributed by atoms with Crippen LogP contribution in [0.4, 0.5) is 5.82 Å². The van der Waals surface area contributed by atoms with Gasteiger partial charge in [-0.2, -0.15) is 0 Å². The van der Waals surface area contributed by atoms with E-state index < -0.39 is 0 Å². The molecule has 5 nitrogen and oxygen atoms in total. The van der Waals surface area contributed by atoms with Crippen LogP contribution in [0.2, 0.25) is 5.02 Å². The lowest BCUT2D eigenvalue weighted by Crippen LogP contribution is -2.28. The van der Waals surface area contributed by atoms with Gasteiger partial charge < -0.3 is 10.3 Å². The van der Waals surface area contributed by atoms with Gasteiger partial charge in [-0.05, 0) is 18.4 Å². The minimum Gasteiger partial charge on any atom is -0.338 e. The molecule has 6 heteroatoms. The lowest BCUT2D eigenvalue weighted by atomic mass is 10.1. The predicted molar refractivity (Wildman–Crippen MR) is 71.4 cm³/mol. The van der Waals surface area contributed by atoms with E-state index in [0.29, 0.717) is 22.3 Å². The summed E-state index contributed by atoms with van der Waals surface area (Å²) in [5.41, 5.74) is 2.89. The molecule has 3 N–H and O–H groups in total. The van der Waals surface area contributed by atoms with Crippen molar-refractivity contribution in [1.29, 1.82) is 0 Å². The van der Waals surface area contributed by atoms with Crippen LogP contribution in [0.5, 0.6) is 0 Å². The Morgan fingerprint density at radius 2 is 2.50 bits per heavy atom. The maximum absolute atomic E-state index is 12.2. The van der Waals surface area contributed by atoms with Crippen LogP contribution in [0.3, 0.4) is 0 Å². The Kier molecular flexibility index (Phi) is 4.04. The fourth-order valence-electron chi connectivity index (χ4n) is 2.19. The highest BCUT2D eigenvalue weighted by molar-refractivity contribution is 6.33. The van der Waals surface area contributed by atoms with Gasteiger partial charge in [-0.1, -0.05) is 24.9 Å². The molecule has 1 unspecified atom stereocenters. The first-order valence-electron chi connectivity index (χ1n) is 6.07. The van der Waals surface area contributed by atoms with Crippen LogP contribution in [0, 0.1) is 5.92 Å². The van der Waals surface area contributed by atoms with Gasteiger partial charge in [0.1, 0.15) is 0 Å². The van der Waals surface area contributed by atoms with Crippen molar-refractivity contribution in [2.24, 2.45) is 11.8 Å². The second-order valence-electron chi connectivity index (χ2n) is 4.51. The Morgan fingerprint density at radius 1 is 1.72 bits per heavy atom. The van der Waals surface area contributed by atoms with Crippen LogP contribution in [0.1, 0.15) is 30.1 Å². The molecular weight excluding hydrogens is 252 g/mol. The second-order valence-corrected chi connectivity index (χ2v) is 4.92. The largest absolute Gasteiger partial charge is 0.338 e. The van der Waals surface area contributed by atoms with Gasteiger partial charge in [-0.3, -0.25) is 4.79 Å². The summed E-state index contributed by atoms with van der Waals surface area (Å²) in [5.74, 6) is 6.22. The van der Waals surface area contributed by atoms with Crippen LogP contribution >= 0.6 is 11.6 Å². The molecule has 1 fully saturated rings. The summed E-state index contributed by atoms with van der Waals surface area (Å²) in [7, 11) is 0. The van der Waals surface area contributed by atoms with E-state index in [1.807, 2.05) is 4.90 Å². The molecule has 1 aromatic heterocycles. The number of hydrogen-bond acceptors (Lipinski definition) is 4. The van der Waals surface area contributed by atoms with Crippen molar-refractivity contribution in [3.63, 3.8) is 0 Å². The highest BCUT2D eigenvalue weighted by atomic mass is 35.5. The van der Waals surface area contributed by atoms with Gasteiger partial charge in [0.25, 0.3) is 5.91 Å². The van der Waals surface area contributed by atoms with E-state index in [2.05, 4.69) is 17.3 Å². The quantitative estimate of drug-likeness (QED) is 0.649. The van der Waals surface area contributed by atoms with Crippen molar-refractivity contribution >= 4 is 23.3 Å². The summed E-state index contributed by atoms with van der Waals surface area (Å²) in [4.78, 5) is 18.1. The Hall–Kier alpha value is -1.33. The zero-order valence-electron chi connectivity index (χ0n) is 10.3. The Balaban J connectivity index is 2.12. The first kappa shape index (κ1) is 13.1. The number of halogens is 1. The third-order valence-electron chi connectivity index (χ3n) is 3.38. The van der Waals surface area contributed by atoms with Gasteiger partial charge in [0, 0.05) is 19.3 Å². The van der Waals surface area contributed by atoms with E-state index in [1.165, 1.54) is 6.20 Å². The predicted octanol–water partition coefficient (Wildman–Crippen LogP) is 1.89. The number of carbonyl (C=O) groups excluding carboxylic acids is 1. The molecule has 0 aliphatic carbocycles. The van der Waals surface area contributed by atoms with Crippen LogP contribution in [-0.4, -0.2) is 28.9 Å². The molecule has 1 saturated heterocycles. The number of nitrogens with zero attached hydrogens (tertiary/aromatic N) is 2.